The van der Waals surface area contributed by atoms with Crippen molar-refractivity contribution < 1.29 is 4.74 Å². The van der Waals surface area contributed by atoms with E-state index in [0.717, 1.165) is 48.8 Å². The Kier molecular flexibility index (Phi) is 4.22. The SMILES string of the molecule is CCSc1nnc(N2CCOCC2)n1-c1ccccc1. The Morgan fingerprint density at radius 1 is 1.15 bits per heavy atom. The quantitative estimate of drug-likeness (QED) is 0.808. The number of benzene rings is 1. The highest BCUT2D eigenvalue weighted by molar-refractivity contribution is 7.99. The number of nitrogens with zero attached hydrogens (tertiary/aromatic N) is 4. The molecule has 106 valence electrons. The molecule has 1 aliphatic heterocycles. The molecular weight excluding hydrogens is 272 g/mol. The smallest absolute Gasteiger partial charge is 0.232 e. The summed E-state index contributed by atoms with van der Waals surface area (Å²) in [5.74, 6) is 1.89. The lowest BCUT2D eigenvalue weighted by Crippen LogP contribution is -2.37. The second-order valence-corrected chi connectivity index (χ2v) is 5.72. The van der Waals surface area contributed by atoms with E-state index in [2.05, 4.69) is 38.7 Å². The number of hydrogen-bond acceptors (Lipinski definition) is 5. The Bertz CT molecular complexity index is 552. The van der Waals surface area contributed by atoms with Gasteiger partial charge >= 0.3 is 0 Å². The van der Waals surface area contributed by atoms with Gasteiger partial charge < -0.3 is 9.64 Å². The van der Waals surface area contributed by atoms with Crippen molar-refractivity contribution in [2.75, 3.05) is 37.0 Å². The van der Waals surface area contributed by atoms with Gasteiger partial charge in [0, 0.05) is 13.1 Å². The van der Waals surface area contributed by atoms with Gasteiger partial charge in [-0.25, -0.2) is 0 Å². The van der Waals surface area contributed by atoms with Gasteiger partial charge in [0.25, 0.3) is 0 Å². The molecule has 1 aliphatic rings. The van der Waals surface area contributed by atoms with Gasteiger partial charge in [-0.1, -0.05) is 36.9 Å². The van der Waals surface area contributed by atoms with Gasteiger partial charge in [-0.2, -0.15) is 0 Å². The summed E-state index contributed by atoms with van der Waals surface area (Å²) < 4.78 is 7.56. The van der Waals surface area contributed by atoms with Crippen molar-refractivity contribution in [2.45, 2.75) is 12.1 Å². The second-order valence-electron chi connectivity index (χ2n) is 4.49. The molecule has 0 saturated carbocycles. The van der Waals surface area contributed by atoms with Gasteiger partial charge in [-0.15, -0.1) is 10.2 Å². The molecule has 2 aromatic rings. The van der Waals surface area contributed by atoms with Gasteiger partial charge in [0.15, 0.2) is 5.16 Å². The first-order valence-electron chi connectivity index (χ1n) is 6.86. The van der Waals surface area contributed by atoms with E-state index >= 15 is 0 Å². The first kappa shape index (κ1) is 13.5. The molecule has 1 saturated heterocycles. The standard InChI is InChI=1S/C14H18N4OS/c1-2-20-14-16-15-13(17-8-10-19-11-9-17)18(14)12-6-4-3-5-7-12/h3-7H,2,8-11H2,1H3. The van der Waals surface area contributed by atoms with E-state index in [9.17, 15) is 0 Å². The Hall–Kier alpha value is -1.53. The van der Waals surface area contributed by atoms with Crippen LogP contribution in [0.2, 0.25) is 0 Å². The van der Waals surface area contributed by atoms with E-state index in [1.54, 1.807) is 11.8 Å². The summed E-state index contributed by atoms with van der Waals surface area (Å²) >= 11 is 1.71. The Labute approximate surface area is 122 Å². The van der Waals surface area contributed by atoms with E-state index in [4.69, 9.17) is 4.74 Å². The van der Waals surface area contributed by atoms with Crippen molar-refractivity contribution in [3.05, 3.63) is 30.3 Å². The maximum atomic E-state index is 5.42. The minimum absolute atomic E-state index is 0.748. The van der Waals surface area contributed by atoms with E-state index < -0.39 is 0 Å². The van der Waals surface area contributed by atoms with Crippen molar-refractivity contribution in [3.8, 4) is 5.69 Å². The molecule has 6 heteroatoms. The third-order valence-corrected chi connectivity index (χ3v) is 4.01. The highest BCUT2D eigenvalue weighted by atomic mass is 32.2. The van der Waals surface area contributed by atoms with Crippen LogP contribution in [0.4, 0.5) is 5.95 Å². The lowest BCUT2D eigenvalue weighted by atomic mass is 10.3. The molecule has 5 nitrogen and oxygen atoms in total. The number of para-hydroxylation sites is 1. The number of ether oxygens (including phenoxy) is 1. The number of hydrogen-bond donors (Lipinski definition) is 0. The normalized spacial score (nSPS) is 15.6. The molecule has 1 fully saturated rings. The number of anilines is 1. The zero-order valence-electron chi connectivity index (χ0n) is 11.5. The summed E-state index contributed by atoms with van der Waals surface area (Å²) in [6.45, 7) is 5.35. The average Bonchev–Trinajstić information content (AvgIpc) is 2.93. The van der Waals surface area contributed by atoms with Crippen LogP contribution in [0, 0.1) is 0 Å². The zero-order chi connectivity index (χ0) is 13.8. The van der Waals surface area contributed by atoms with Gasteiger partial charge in [-0.3, -0.25) is 4.57 Å². The average molecular weight is 290 g/mol. The lowest BCUT2D eigenvalue weighted by Gasteiger charge is -2.27. The number of rotatable bonds is 4. The van der Waals surface area contributed by atoms with Crippen LogP contribution in [0.3, 0.4) is 0 Å². The van der Waals surface area contributed by atoms with Gasteiger partial charge in [-0.05, 0) is 17.9 Å². The van der Waals surface area contributed by atoms with Gasteiger partial charge in [0.1, 0.15) is 0 Å². The Morgan fingerprint density at radius 3 is 2.60 bits per heavy atom. The maximum Gasteiger partial charge on any atom is 0.232 e. The third kappa shape index (κ3) is 2.66. The van der Waals surface area contributed by atoms with Crippen LogP contribution in [-0.4, -0.2) is 46.8 Å². The van der Waals surface area contributed by atoms with Crippen molar-refractivity contribution >= 4 is 17.7 Å². The molecule has 3 rings (SSSR count). The predicted octanol–water partition coefficient (Wildman–Crippen LogP) is 2.22. The van der Waals surface area contributed by atoms with Crippen molar-refractivity contribution in [3.63, 3.8) is 0 Å². The zero-order valence-corrected chi connectivity index (χ0v) is 12.3. The molecule has 1 aromatic heterocycles. The number of morpholine rings is 1. The fraction of sp³-hybridized carbons (Fsp3) is 0.429. The third-order valence-electron chi connectivity index (χ3n) is 3.20. The highest BCUT2D eigenvalue weighted by Gasteiger charge is 2.21. The topological polar surface area (TPSA) is 43.2 Å². The van der Waals surface area contributed by atoms with Crippen LogP contribution in [0.15, 0.2) is 35.5 Å². The molecule has 0 aliphatic carbocycles. The van der Waals surface area contributed by atoms with E-state index in [-0.39, 0.29) is 0 Å². The molecule has 1 aromatic carbocycles. The van der Waals surface area contributed by atoms with Crippen LogP contribution in [0.5, 0.6) is 0 Å². The monoisotopic (exact) mass is 290 g/mol. The molecule has 0 N–H and O–H groups in total. The van der Waals surface area contributed by atoms with E-state index in [1.165, 1.54) is 0 Å². The molecule has 2 heterocycles. The Morgan fingerprint density at radius 2 is 1.90 bits per heavy atom. The van der Waals surface area contributed by atoms with Crippen LogP contribution < -0.4 is 4.90 Å². The minimum atomic E-state index is 0.748. The van der Waals surface area contributed by atoms with Crippen LogP contribution in [0.1, 0.15) is 6.92 Å². The lowest BCUT2D eigenvalue weighted by molar-refractivity contribution is 0.122. The first-order chi connectivity index (χ1) is 9.90. The maximum absolute atomic E-state index is 5.42. The van der Waals surface area contributed by atoms with Gasteiger partial charge in [0.2, 0.25) is 5.95 Å². The fourth-order valence-electron chi connectivity index (χ4n) is 2.26. The fourth-order valence-corrected chi connectivity index (χ4v) is 2.93. The summed E-state index contributed by atoms with van der Waals surface area (Å²) in [5, 5.41) is 9.69. The van der Waals surface area contributed by atoms with Crippen molar-refractivity contribution in [1.29, 1.82) is 0 Å². The van der Waals surface area contributed by atoms with Crippen LogP contribution >= 0.6 is 11.8 Å². The molecular formula is C14H18N4OS. The molecule has 0 unspecified atom stereocenters. The largest absolute Gasteiger partial charge is 0.378 e. The molecule has 0 atom stereocenters. The Balaban J connectivity index is 2.01. The minimum Gasteiger partial charge on any atom is -0.378 e. The number of thioether (sulfide) groups is 1. The van der Waals surface area contributed by atoms with Crippen LogP contribution in [0.25, 0.3) is 5.69 Å². The summed E-state index contributed by atoms with van der Waals surface area (Å²) in [4.78, 5) is 2.24. The molecule has 20 heavy (non-hydrogen) atoms. The van der Waals surface area contributed by atoms with Gasteiger partial charge in [0.05, 0.1) is 18.9 Å². The summed E-state index contributed by atoms with van der Waals surface area (Å²) in [6.07, 6.45) is 0. The first-order valence-corrected chi connectivity index (χ1v) is 7.85. The molecule has 0 amide bonds. The van der Waals surface area contributed by atoms with Crippen molar-refractivity contribution in [2.24, 2.45) is 0 Å². The molecule has 0 spiro atoms. The number of aromatic nitrogens is 3. The highest BCUT2D eigenvalue weighted by Crippen LogP contribution is 2.26. The van der Waals surface area contributed by atoms with Crippen molar-refractivity contribution in [1.82, 2.24) is 14.8 Å². The van der Waals surface area contributed by atoms with Crippen LogP contribution in [-0.2, 0) is 4.74 Å². The van der Waals surface area contributed by atoms with E-state index in [1.807, 2.05) is 18.2 Å². The van der Waals surface area contributed by atoms with E-state index in [0.29, 0.717) is 0 Å². The summed E-state index contributed by atoms with van der Waals surface area (Å²) in [5.41, 5.74) is 1.11. The summed E-state index contributed by atoms with van der Waals surface area (Å²) in [6, 6.07) is 10.3. The second kappa shape index (κ2) is 6.28. The molecule has 0 radical (unpaired) electrons. The molecule has 0 bridgehead atoms. The predicted molar refractivity (Wildman–Crippen MR) is 80.8 cm³/mol. The summed E-state index contributed by atoms with van der Waals surface area (Å²) in [7, 11) is 0.